The molecule has 3 aliphatic rings. The lowest BCUT2D eigenvalue weighted by Crippen LogP contribution is -2.64. The highest BCUT2D eigenvalue weighted by Crippen LogP contribution is 2.61. The summed E-state index contributed by atoms with van der Waals surface area (Å²) < 4.78 is 48.6. The van der Waals surface area contributed by atoms with Crippen molar-refractivity contribution in [3.8, 4) is 0 Å². The molecule has 22 heteroatoms. The number of rotatable bonds is 10. The highest BCUT2D eigenvalue weighted by molar-refractivity contribution is 7.61. The number of carbonyl (C=O) groups is 3. The van der Waals surface area contributed by atoms with E-state index in [4.69, 9.17) is 9.47 Å². The number of aliphatic hydroxyl groups excluding tert-OH is 5. The number of nitrogens with one attached hydrogen (secondary N) is 2. The molecule has 224 valence electrons. The number of phosphoric acid groups is 2. The van der Waals surface area contributed by atoms with Crippen LogP contribution in [0.2, 0.25) is 0 Å². The standard InChI is InChI=1S/C17H29N3O17P2/c1-6(22)18-10-13(26)11(24)7(4-21)35-16(10)36-39(31,32)37-38(29,30)33-5-8-12(25)14(27)15(34-8)20-3-2-9(23)19-17(20)28/h7-8,10-16,21,24-27H,2-5H2,1H3,(H,18,22)(H,29,30)(H,31,32)(H,19,23,28). The maximum atomic E-state index is 12.4. The molecule has 0 aliphatic carbocycles. The monoisotopic (exact) mass is 609 g/mol. The number of ether oxygens (including phenoxy) is 2. The van der Waals surface area contributed by atoms with Crippen LogP contribution in [0.1, 0.15) is 13.3 Å². The Kier molecular flexibility index (Phi) is 10.2. The molecule has 0 spiro atoms. The van der Waals surface area contributed by atoms with Gasteiger partial charge in [0.05, 0.1) is 13.2 Å². The summed E-state index contributed by atoms with van der Waals surface area (Å²) in [6, 6.07) is -2.60. The summed E-state index contributed by atoms with van der Waals surface area (Å²) in [6.45, 7) is -1.07. The van der Waals surface area contributed by atoms with Crippen molar-refractivity contribution in [2.24, 2.45) is 0 Å². The molecule has 39 heavy (non-hydrogen) atoms. The maximum Gasteiger partial charge on any atom is 0.483 e. The van der Waals surface area contributed by atoms with Crippen molar-refractivity contribution < 1.29 is 81.7 Å². The van der Waals surface area contributed by atoms with E-state index in [2.05, 4.69) is 18.7 Å². The Morgan fingerprint density at radius 2 is 1.69 bits per heavy atom. The Morgan fingerprint density at radius 1 is 1.05 bits per heavy atom. The van der Waals surface area contributed by atoms with Gasteiger partial charge < -0.3 is 50.1 Å². The van der Waals surface area contributed by atoms with Gasteiger partial charge in [-0.05, 0) is 0 Å². The van der Waals surface area contributed by atoms with Crippen LogP contribution in [0.5, 0.6) is 0 Å². The summed E-state index contributed by atoms with van der Waals surface area (Å²) in [5.74, 6) is -1.36. The molecule has 3 saturated heterocycles. The van der Waals surface area contributed by atoms with Gasteiger partial charge in [0.1, 0.15) is 42.7 Å². The molecule has 11 atom stereocenters. The third kappa shape index (κ3) is 7.78. The fourth-order valence-electron chi connectivity index (χ4n) is 3.98. The van der Waals surface area contributed by atoms with Gasteiger partial charge in [-0.1, -0.05) is 0 Å². The van der Waals surface area contributed by atoms with Crippen molar-refractivity contribution in [3.63, 3.8) is 0 Å². The van der Waals surface area contributed by atoms with Crippen LogP contribution in [0.15, 0.2) is 0 Å². The largest absolute Gasteiger partial charge is 0.483 e. The molecular formula is C17H29N3O17P2. The van der Waals surface area contributed by atoms with E-state index in [9.17, 15) is 58.8 Å². The first-order chi connectivity index (χ1) is 18.0. The van der Waals surface area contributed by atoms with Crippen LogP contribution in [0.3, 0.4) is 0 Å². The molecular weight excluding hydrogens is 580 g/mol. The molecule has 20 nitrogen and oxygen atoms in total. The van der Waals surface area contributed by atoms with Gasteiger partial charge in [0.2, 0.25) is 11.8 Å². The normalized spacial score (nSPS) is 38.6. The van der Waals surface area contributed by atoms with Crippen LogP contribution in [0.4, 0.5) is 4.79 Å². The third-order valence-corrected chi connectivity index (χ3v) is 8.43. The minimum absolute atomic E-state index is 0.121. The zero-order valence-electron chi connectivity index (χ0n) is 20.1. The average molecular weight is 609 g/mol. The van der Waals surface area contributed by atoms with Crippen molar-refractivity contribution in [3.05, 3.63) is 0 Å². The molecule has 11 unspecified atom stereocenters. The number of phosphoric ester groups is 2. The van der Waals surface area contributed by atoms with Crippen LogP contribution in [-0.4, -0.2) is 133 Å². The van der Waals surface area contributed by atoms with Gasteiger partial charge in [0.25, 0.3) is 0 Å². The third-order valence-electron chi connectivity index (χ3n) is 5.83. The van der Waals surface area contributed by atoms with Crippen LogP contribution >= 0.6 is 15.6 Å². The minimum atomic E-state index is -5.62. The Labute approximate surface area is 219 Å². The summed E-state index contributed by atoms with van der Waals surface area (Å²) in [6.07, 6.45) is -13.9. The second-order valence-corrected chi connectivity index (χ2v) is 11.7. The Balaban J connectivity index is 1.62. The topological polar surface area (TPSA) is 300 Å². The molecule has 0 radical (unpaired) electrons. The zero-order chi connectivity index (χ0) is 29.3. The zero-order valence-corrected chi connectivity index (χ0v) is 21.9. The molecule has 3 aliphatic heterocycles. The van der Waals surface area contributed by atoms with Crippen molar-refractivity contribution in [1.29, 1.82) is 0 Å². The number of hydrogen-bond donors (Lipinski definition) is 9. The maximum absolute atomic E-state index is 12.4. The highest BCUT2D eigenvalue weighted by Gasteiger charge is 2.51. The molecule has 0 bridgehead atoms. The summed E-state index contributed by atoms with van der Waals surface area (Å²) in [4.78, 5) is 55.6. The lowest BCUT2D eigenvalue weighted by Gasteiger charge is -2.42. The van der Waals surface area contributed by atoms with Crippen LogP contribution in [0, 0.1) is 0 Å². The minimum Gasteiger partial charge on any atom is -0.394 e. The second kappa shape index (κ2) is 12.5. The first-order valence-electron chi connectivity index (χ1n) is 11.3. The van der Waals surface area contributed by atoms with E-state index in [0.29, 0.717) is 0 Å². The quantitative estimate of drug-likeness (QED) is 0.106. The highest BCUT2D eigenvalue weighted by atomic mass is 31.3. The van der Waals surface area contributed by atoms with Gasteiger partial charge >= 0.3 is 21.7 Å². The summed E-state index contributed by atoms with van der Waals surface area (Å²) in [7, 11) is -11.1. The number of urea groups is 1. The predicted octanol–water partition coefficient (Wildman–Crippen LogP) is -4.43. The summed E-state index contributed by atoms with van der Waals surface area (Å²) >= 11 is 0. The smallest absolute Gasteiger partial charge is 0.394 e. The number of imide groups is 1. The predicted molar refractivity (Wildman–Crippen MR) is 119 cm³/mol. The van der Waals surface area contributed by atoms with E-state index in [1.165, 1.54) is 0 Å². The Morgan fingerprint density at radius 3 is 2.28 bits per heavy atom. The summed E-state index contributed by atoms with van der Waals surface area (Å²) in [5, 5.41) is 54.0. The molecule has 0 aromatic carbocycles. The van der Waals surface area contributed by atoms with E-state index in [-0.39, 0.29) is 13.0 Å². The molecule has 3 fully saturated rings. The van der Waals surface area contributed by atoms with Crippen molar-refractivity contribution in [2.45, 2.75) is 68.5 Å². The Bertz CT molecular complexity index is 1030. The van der Waals surface area contributed by atoms with Crippen LogP contribution in [-0.2, 0) is 41.6 Å². The van der Waals surface area contributed by atoms with E-state index < -0.39 is 102 Å². The second-order valence-electron chi connectivity index (χ2n) is 8.70. The molecule has 0 aromatic rings. The van der Waals surface area contributed by atoms with Gasteiger partial charge in [-0.15, -0.1) is 0 Å². The molecule has 0 aromatic heterocycles. The van der Waals surface area contributed by atoms with E-state index in [1.807, 2.05) is 5.32 Å². The van der Waals surface area contributed by atoms with Crippen molar-refractivity contribution >= 4 is 33.5 Å². The SMILES string of the molecule is CC(=O)NC1C(OP(=O)(O)OP(=O)(O)OCC2OC(N3CCC(=O)NC3=O)C(O)C2O)OC(CO)C(O)C1O. The first-order valence-corrected chi connectivity index (χ1v) is 14.3. The van der Waals surface area contributed by atoms with Crippen molar-refractivity contribution in [2.75, 3.05) is 19.8 Å². The number of carbonyl (C=O) groups excluding carboxylic acids is 3. The average Bonchev–Trinajstić information content (AvgIpc) is 3.10. The van der Waals surface area contributed by atoms with Gasteiger partial charge in [0.15, 0.2) is 12.5 Å². The fourth-order valence-corrected chi connectivity index (χ4v) is 6.14. The van der Waals surface area contributed by atoms with Gasteiger partial charge in [-0.2, -0.15) is 4.31 Å². The first kappa shape index (κ1) is 31.9. The number of amides is 4. The van der Waals surface area contributed by atoms with Gasteiger partial charge in [-0.3, -0.25) is 28.9 Å². The van der Waals surface area contributed by atoms with Crippen molar-refractivity contribution in [1.82, 2.24) is 15.5 Å². The van der Waals surface area contributed by atoms with Crippen LogP contribution in [0.25, 0.3) is 0 Å². The van der Waals surface area contributed by atoms with E-state index >= 15 is 0 Å². The number of hydrogen-bond acceptors (Lipinski definition) is 15. The molecule has 3 rings (SSSR count). The van der Waals surface area contributed by atoms with Gasteiger partial charge in [-0.25, -0.2) is 13.9 Å². The van der Waals surface area contributed by atoms with Gasteiger partial charge in [0, 0.05) is 19.9 Å². The lowest BCUT2D eigenvalue weighted by molar-refractivity contribution is -0.247. The molecule has 9 N–H and O–H groups in total. The molecule has 3 heterocycles. The fraction of sp³-hybridized carbons (Fsp3) is 0.824. The lowest BCUT2D eigenvalue weighted by atomic mass is 9.97. The van der Waals surface area contributed by atoms with E-state index in [1.54, 1.807) is 0 Å². The molecule has 0 saturated carbocycles. The van der Waals surface area contributed by atoms with Crippen LogP contribution < -0.4 is 10.6 Å². The summed E-state index contributed by atoms with van der Waals surface area (Å²) in [5.41, 5.74) is 0. The number of nitrogens with zero attached hydrogens (tertiary/aromatic N) is 1. The number of aliphatic hydroxyl groups is 5. The van der Waals surface area contributed by atoms with E-state index in [0.717, 1.165) is 11.8 Å². The molecule has 4 amide bonds. The Hall–Kier alpha value is -1.61.